The molecule has 40 heavy (non-hydrogen) atoms. The smallest absolute Gasteiger partial charge is 0.387 e. The first-order chi connectivity index (χ1) is 19.4. The molecule has 0 bridgehead atoms. The molecule has 0 aromatic carbocycles. The van der Waals surface area contributed by atoms with Crippen LogP contribution in [0.2, 0.25) is 0 Å². The molecule has 4 fully saturated rings. The van der Waals surface area contributed by atoms with Crippen molar-refractivity contribution in [2.75, 3.05) is 26.4 Å². The molecule has 1 aromatic rings. The molecule has 0 radical (unpaired) electrons. The number of ether oxygens (including phenoxy) is 1. The van der Waals surface area contributed by atoms with Crippen LogP contribution < -0.4 is 28.0 Å². The lowest BCUT2D eigenvalue weighted by Crippen LogP contribution is -2.52. The Morgan fingerprint density at radius 3 is 2.55 bits per heavy atom. The molecule has 1 aliphatic heterocycles. The number of fused-ring (bicyclic) bond motifs is 1. The SMILES string of the molecule is C#CNCC1CCCCC1.CC(N)=N/C(=N\CN[C@H](C)C1CCC1)c1noc(=O)[nH]1.NN1CCOC2CCCC21. The first-order valence-corrected chi connectivity index (χ1v) is 14.8. The molecule has 224 valence electrons. The second-order valence-corrected chi connectivity index (χ2v) is 11.2. The predicted molar refractivity (Wildman–Crippen MR) is 157 cm³/mol. The molecule has 0 spiro atoms. The fourth-order valence-corrected chi connectivity index (χ4v) is 5.58. The van der Waals surface area contributed by atoms with Crippen LogP contribution in [-0.2, 0) is 4.74 Å². The molecule has 1 aromatic heterocycles. The van der Waals surface area contributed by atoms with Crippen molar-refractivity contribution in [2.45, 2.75) is 103 Å². The third-order valence-electron chi connectivity index (χ3n) is 8.18. The summed E-state index contributed by atoms with van der Waals surface area (Å²) in [5, 5.41) is 11.8. The maximum atomic E-state index is 11.0. The largest absolute Gasteiger partial charge is 0.439 e. The normalized spacial score (nSPS) is 24.9. The van der Waals surface area contributed by atoms with E-state index in [-0.39, 0.29) is 11.7 Å². The number of terminal acetylenes is 1. The molecule has 3 atom stereocenters. The van der Waals surface area contributed by atoms with E-state index in [4.69, 9.17) is 22.7 Å². The van der Waals surface area contributed by atoms with Gasteiger partial charge in [-0.2, -0.15) is 0 Å². The molecule has 5 rings (SSSR count). The highest BCUT2D eigenvalue weighted by molar-refractivity contribution is 6.03. The number of nitrogens with two attached hydrogens (primary N) is 2. The van der Waals surface area contributed by atoms with E-state index >= 15 is 0 Å². The summed E-state index contributed by atoms with van der Waals surface area (Å²) in [4.78, 5) is 21.7. The number of rotatable bonds is 7. The average molecular weight is 560 g/mol. The summed E-state index contributed by atoms with van der Waals surface area (Å²) in [7, 11) is 0. The molecule has 12 nitrogen and oxygen atoms in total. The van der Waals surface area contributed by atoms with Crippen LogP contribution in [0.4, 0.5) is 0 Å². The predicted octanol–water partition coefficient (Wildman–Crippen LogP) is 2.08. The summed E-state index contributed by atoms with van der Waals surface area (Å²) in [6.07, 6.45) is 20.0. The van der Waals surface area contributed by atoms with Crippen LogP contribution >= 0.6 is 0 Å². The van der Waals surface area contributed by atoms with E-state index in [1.54, 1.807) is 6.92 Å². The second kappa shape index (κ2) is 17.2. The Bertz CT molecular complexity index is 1020. The summed E-state index contributed by atoms with van der Waals surface area (Å²) in [6, 6.07) is 3.40. The van der Waals surface area contributed by atoms with Crippen LogP contribution in [0, 0.1) is 24.3 Å². The fourth-order valence-electron chi connectivity index (χ4n) is 5.58. The Morgan fingerprint density at radius 1 is 1.20 bits per heavy atom. The molecule has 3 saturated carbocycles. The van der Waals surface area contributed by atoms with E-state index in [1.807, 2.05) is 5.01 Å². The Kier molecular flexibility index (Phi) is 13.7. The number of H-pyrrole nitrogens is 1. The molecular formula is C28H49N9O3. The van der Waals surface area contributed by atoms with E-state index in [0.717, 1.165) is 31.5 Å². The Labute approximate surface area is 238 Å². The minimum Gasteiger partial charge on any atom is -0.387 e. The van der Waals surface area contributed by atoms with E-state index in [0.29, 0.717) is 30.7 Å². The van der Waals surface area contributed by atoms with Crippen molar-refractivity contribution in [1.82, 2.24) is 25.8 Å². The summed E-state index contributed by atoms with van der Waals surface area (Å²) in [5.41, 5.74) is 5.55. The molecule has 7 N–H and O–H groups in total. The van der Waals surface area contributed by atoms with Crippen LogP contribution in [0.25, 0.3) is 0 Å². The van der Waals surface area contributed by atoms with Crippen molar-refractivity contribution >= 4 is 11.7 Å². The van der Waals surface area contributed by atoms with Gasteiger partial charge in [0.1, 0.15) is 0 Å². The summed E-state index contributed by atoms with van der Waals surface area (Å²) in [6.45, 7) is 6.92. The zero-order chi connectivity index (χ0) is 28.7. The van der Waals surface area contributed by atoms with Gasteiger partial charge < -0.3 is 15.8 Å². The number of amidine groups is 2. The highest BCUT2D eigenvalue weighted by atomic mass is 16.5. The third kappa shape index (κ3) is 10.7. The van der Waals surface area contributed by atoms with Crippen LogP contribution in [0.15, 0.2) is 19.3 Å². The second-order valence-electron chi connectivity index (χ2n) is 11.2. The number of hydrazine groups is 1. The summed E-state index contributed by atoms with van der Waals surface area (Å²) >= 11 is 0. The van der Waals surface area contributed by atoms with E-state index in [1.165, 1.54) is 70.6 Å². The van der Waals surface area contributed by atoms with Crippen molar-refractivity contribution in [3.8, 4) is 12.5 Å². The van der Waals surface area contributed by atoms with Crippen LogP contribution in [-0.4, -0.2) is 71.4 Å². The van der Waals surface area contributed by atoms with Gasteiger partial charge in [-0.1, -0.05) is 37.3 Å². The van der Waals surface area contributed by atoms with Crippen LogP contribution in [0.1, 0.15) is 90.3 Å². The standard InChI is InChI=1S/C12H20N6O2.C9H15N.C7H14N2O/c1-7(9-4-3-5-9)14-6-15-10(16-8(2)13)11-17-12(19)20-18-11;1-2-10-8-9-6-4-3-5-7-9;8-9-4-5-10-7-3-1-2-6(7)9/h7,9,14H,3-6H2,1-2H3,(H2,13,15,16)(H,17,18,19);1,9-10H,3-8H2;6-7H,1-5,8H2/t7-;;/m1../s1. The van der Waals surface area contributed by atoms with Crippen LogP contribution in [0.5, 0.6) is 0 Å². The van der Waals surface area contributed by atoms with Gasteiger partial charge >= 0.3 is 5.76 Å². The third-order valence-corrected chi connectivity index (χ3v) is 8.18. The molecule has 4 aliphatic rings. The number of aromatic amines is 1. The van der Waals surface area contributed by atoms with E-state index in [2.05, 4.69) is 48.3 Å². The summed E-state index contributed by atoms with van der Waals surface area (Å²) in [5.74, 6) is 7.47. The van der Waals surface area contributed by atoms with E-state index in [9.17, 15) is 4.79 Å². The number of hydrogen-bond acceptors (Lipinski definition) is 9. The highest BCUT2D eigenvalue weighted by Crippen LogP contribution is 2.29. The monoisotopic (exact) mass is 559 g/mol. The number of morpholine rings is 1. The minimum atomic E-state index is -0.645. The Morgan fingerprint density at radius 2 is 1.95 bits per heavy atom. The summed E-state index contributed by atoms with van der Waals surface area (Å²) < 4.78 is 10.00. The topological polar surface area (TPSA) is 172 Å². The average Bonchev–Trinajstić information content (AvgIpc) is 3.57. The van der Waals surface area contributed by atoms with Gasteiger partial charge in [-0.15, -0.1) is 0 Å². The molecular weight excluding hydrogens is 510 g/mol. The van der Waals surface area contributed by atoms with Gasteiger partial charge in [0.15, 0.2) is 5.84 Å². The number of nitrogens with zero attached hydrogens (tertiary/aromatic N) is 4. The molecule has 2 unspecified atom stereocenters. The molecule has 2 heterocycles. The lowest BCUT2D eigenvalue weighted by molar-refractivity contribution is -0.0561. The zero-order valence-corrected chi connectivity index (χ0v) is 24.2. The van der Waals surface area contributed by atoms with Crippen molar-refractivity contribution in [2.24, 2.45) is 33.4 Å². The zero-order valence-electron chi connectivity index (χ0n) is 24.2. The van der Waals surface area contributed by atoms with Gasteiger partial charge in [-0.3, -0.25) is 20.7 Å². The first kappa shape index (κ1) is 31.8. The Balaban J connectivity index is 0.000000184. The number of aromatic nitrogens is 2. The van der Waals surface area contributed by atoms with Gasteiger partial charge in [0.2, 0.25) is 5.82 Å². The number of hydrogen-bond donors (Lipinski definition) is 5. The molecule has 0 amide bonds. The van der Waals surface area contributed by atoms with Gasteiger partial charge in [-0.25, -0.2) is 19.8 Å². The Hall–Kier alpha value is -2.72. The van der Waals surface area contributed by atoms with Crippen molar-refractivity contribution in [3.63, 3.8) is 0 Å². The quantitative estimate of drug-likeness (QED) is 0.110. The van der Waals surface area contributed by atoms with Crippen molar-refractivity contribution < 1.29 is 9.26 Å². The number of aliphatic imine (C=N–C) groups is 2. The van der Waals surface area contributed by atoms with Gasteiger partial charge in [0.25, 0.3) is 0 Å². The minimum absolute atomic E-state index is 0.179. The highest BCUT2D eigenvalue weighted by Gasteiger charge is 2.34. The van der Waals surface area contributed by atoms with Crippen LogP contribution in [0.3, 0.4) is 0 Å². The van der Waals surface area contributed by atoms with Crippen molar-refractivity contribution in [3.05, 3.63) is 16.4 Å². The van der Waals surface area contributed by atoms with Gasteiger partial charge in [-0.05, 0) is 70.6 Å². The van der Waals surface area contributed by atoms with Crippen molar-refractivity contribution in [1.29, 1.82) is 0 Å². The number of nitrogens with one attached hydrogen (secondary N) is 3. The first-order valence-electron chi connectivity index (χ1n) is 14.8. The molecule has 3 aliphatic carbocycles. The fraction of sp³-hybridized carbons (Fsp3) is 0.786. The molecule has 12 heteroatoms. The maximum absolute atomic E-state index is 11.0. The lowest BCUT2D eigenvalue weighted by Gasteiger charge is -2.33. The maximum Gasteiger partial charge on any atom is 0.439 e. The lowest BCUT2D eigenvalue weighted by atomic mass is 9.80. The van der Waals surface area contributed by atoms with Gasteiger partial charge in [0.05, 0.1) is 31.3 Å². The van der Waals surface area contributed by atoms with E-state index < -0.39 is 5.76 Å². The van der Waals surface area contributed by atoms with Gasteiger partial charge in [0, 0.05) is 25.2 Å². The molecule has 1 saturated heterocycles.